The largest absolute Gasteiger partial charge is 0.455 e. The van der Waals surface area contributed by atoms with E-state index in [-0.39, 0.29) is 22.9 Å². The molecule has 16 heteroatoms. The van der Waals surface area contributed by atoms with E-state index in [1.54, 1.807) is 30.5 Å². The molecule has 1 saturated carbocycles. The number of nitrogens with zero attached hydrogens (tertiary/aromatic N) is 4. The van der Waals surface area contributed by atoms with Gasteiger partial charge >= 0.3 is 0 Å². The molecule has 4 aliphatic rings. The van der Waals surface area contributed by atoms with Crippen LogP contribution in [0.25, 0.3) is 16.6 Å². The first kappa shape index (κ1) is 41.9. The first-order chi connectivity index (χ1) is 30.0. The summed E-state index contributed by atoms with van der Waals surface area (Å²) in [7, 11) is -4.55. The SMILES string of the molecule is O=C(NS(=O)(=O)c1ccc(NCC2CCOCC2)c([N+](=O)[O-])c1)c1ccc(N2CCN(CC3=C(c4ccc(Cl)cc4)CC4(CCC4)CC3)CC2)cc1Oc1cnc2[nH]ccc2c1. The van der Waals surface area contributed by atoms with Crippen LogP contribution in [0.3, 0.4) is 0 Å². The van der Waals surface area contributed by atoms with E-state index in [1.807, 2.05) is 18.2 Å². The van der Waals surface area contributed by atoms with E-state index in [0.717, 1.165) is 80.6 Å². The number of hydrogen-bond donors (Lipinski definition) is 3. The summed E-state index contributed by atoms with van der Waals surface area (Å²) < 4.78 is 41.2. The van der Waals surface area contributed by atoms with Gasteiger partial charge in [-0.3, -0.25) is 19.8 Å². The first-order valence-electron chi connectivity index (χ1n) is 21.4. The van der Waals surface area contributed by atoms with Crippen molar-refractivity contribution in [1.82, 2.24) is 19.6 Å². The van der Waals surface area contributed by atoms with Gasteiger partial charge in [0.15, 0.2) is 0 Å². The number of anilines is 2. The molecule has 2 aromatic heterocycles. The Labute approximate surface area is 365 Å². The third-order valence-electron chi connectivity index (χ3n) is 13.1. The van der Waals surface area contributed by atoms with Gasteiger partial charge in [0, 0.05) is 86.9 Å². The van der Waals surface area contributed by atoms with Crippen molar-refractivity contribution in [1.29, 1.82) is 0 Å². The van der Waals surface area contributed by atoms with Crippen LogP contribution >= 0.6 is 11.6 Å². The number of halogens is 1. The number of H-pyrrole nitrogens is 1. The smallest absolute Gasteiger partial charge is 0.293 e. The van der Waals surface area contributed by atoms with Crippen molar-refractivity contribution in [3.05, 3.63) is 117 Å². The second-order valence-corrected chi connectivity index (χ2v) is 19.2. The van der Waals surface area contributed by atoms with Crippen molar-refractivity contribution in [2.24, 2.45) is 11.3 Å². The number of carbonyl (C=O) groups excluding carboxylic acids is 1. The molecule has 3 aromatic carbocycles. The third kappa shape index (κ3) is 9.17. The van der Waals surface area contributed by atoms with E-state index >= 15 is 0 Å². The van der Waals surface area contributed by atoms with Gasteiger partial charge in [-0.25, -0.2) is 18.1 Å². The molecule has 1 spiro atoms. The van der Waals surface area contributed by atoms with Gasteiger partial charge in [0.2, 0.25) is 0 Å². The number of sulfonamides is 1. The minimum absolute atomic E-state index is 0.0300. The van der Waals surface area contributed by atoms with E-state index in [4.69, 9.17) is 21.1 Å². The summed E-state index contributed by atoms with van der Waals surface area (Å²) in [5.41, 5.74) is 5.96. The van der Waals surface area contributed by atoms with Crippen molar-refractivity contribution in [2.75, 3.05) is 62.7 Å². The highest BCUT2D eigenvalue weighted by Crippen LogP contribution is 2.55. The summed E-state index contributed by atoms with van der Waals surface area (Å²) in [4.78, 5) is 37.2. The van der Waals surface area contributed by atoms with Crippen LogP contribution in [0, 0.1) is 21.4 Å². The standard InChI is InChI=1S/C46H50ClN7O7S/c47-35-4-2-32(3-5-35)40-27-46(14-1-15-46)16-10-34(40)30-52-18-20-53(21-19-52)36-6-8-39(43(25-36)61-37-24-33-11-17-48-44(33)50-29-37)45(55)51-62(58,59)38-7-9-41(42(26-38)54(56)57)49-28-31-12-22-60-23-13-31/h2-9,11,17,24-26,29,31,49H,1,10,12-16,18-23,27-28,30H2,(H,48,50)(H,51,55). The number of ether oxygens (including phenoxy) is 2. The van der Waals surface area contributed by atoms with E-state index in [0.29, 0.717) is 36.6 Å². The van der Waals surface area contributed by atoms with Crippen molar-refractivity contribution in [3.8, 4) is 11.5 Å². The highest BCUT2D eigenvalue weighted by molar-refractivity contribution is 7.90. The van der Waals surface area contributed by atoms with E-state index in [9.17, 15) is 23.3 Å². The number of fused-ring (bicyclic) bond motifs is 1. The number of nitrogens with one attached hydrogen (secondary N) is 3. The Morgan fingerprint density at radius 3 is 2.53 bits per heavy atom. The minimum Gasteiger partial charge on any atom is -0.455 e. The molecule has 3 N–H and O–H groups in total. The molecule has 3 fully saturated rings. The number of pyridine rings is 1. The summed E-state index contributed by atoms with van der Waals surface area (Å²) in [5.74, 6) is -0.177. The maximum Gasteiger partial charge on any atom is 0.293 e. The van der Waals surface area contributed by atoms with Crippen LogP contribution in [0.5, 0.6) is 11.5 Å². The average Bonchev–Trinajstić information content (AvgIpc) is 3.74. The topological polar surface area (TPSA) is 172 Å². The summed E-state index contributed by atoms with van der Waals surface area (Å²) in [5, 5.41) is 16.7. The van der Waals surface area contributed by atoms with Crippen molar-refractivity contribution < 1.29 is 27.6 Å². The van der Waals surface area contributed by atoms with Crippen LogP contribution in [0.4, 0.5) is 17.1 Å². The Bertz CT molecular complexity index is 2620. The van der Waals surface area contributed by atoms with Gasteiger partial charge in [-0.15, -0.1) is 0 Å². The fourth-order valence-electron chi connectivity index (χ4n) is 9.33. The van der Waals surface area contributed by atoms with Crippen molar-refractivity contribution in [2.45, 2.75) is 56.3 Å². The van der Waals surface area contributed by atoms with Gasteiger partial charge in [-0.2, -0.15) is 0 Å². The van der Waals surface area contributed by atoms with Crippen molar-refractivity contribution >= 4 is 61.2 Å². The lowest BCUT2D eigenvalue weighted by atomic mass is 9.59. The fourth-order valence-corrected chi connectivity index (χ4v) is 10.4. The molecule has 2 aliphatic heterocycles. The molecule has 0 unspecified atom stereocenters. The number of aromatic nitrogens is 2. The maximum absolute atomic E-state index is 13.9. The van der Waals surface area contributed by atoms with Crippen LogP contribution in [-0.4, -0.2) is 86.6 Å². The molecule has 2 saturated heterocycles. The summed E-state index contributed by atoms with van der Waals surface area (Å²) >= 11 is 6.28. The lowest BCUT2D eigenvalue weighted by Crippen LogP contribution is -2.47. The predicted molar refractivity (Wildman–Crippen MR) is 240 cm³/mol. The van der Waals surface area contributed by atoms with E-state index in [2.05, 4.69) is 41.9 Å². The number of benzene rings is 3. The minimum atomic E-state index is -4.55. The Hall–Kier alpha value is -5.48. The van der Waals surface area contributed by atoms with Crippen LogP contribution in [0.15, 0.2) is 95.7 Å². The van der Waals surface area contributed by atoms with Crippen molar-refractivity contribution in [3.63, 3.8) is 0 Å². The van der Waals surface area contributed by atoms with Gasteiger partial charge in [0.05, 0.1) is 21.6 Å². The number of nitro groups is 1. The van der Waals surface area contributed by atoms with Gasteiger partial charge in [0.25, 0.3) is 21.6 Å². The molecule has 62 heavy (non-hydrogen) atoms. The molecule has 9 rings (SSSR count). The molecule has 1 amide bonds. The quantitative estimate of drug-likeness (QED) is 0.0763. The number of amides is 1. The van der Waals surface area contributed by atoms with E-state index in [1.165, 1.54) is 60.7 Å². The highest BCUT2D eigenvalue weighted by Gasteiger charge is 2.41. The van der Waals surface area contributed by atoms with Crippen LogP contribution in [-0.2, 0) is 14.8 Å². The van der Waals surface area contributed by atoms with Gasteiger partial charge in [-0.1, -0.05) is 35.7 Å². The zero-order chi connectivity index (χ0) is 42.8. The number of allylic oxidation sites excluding steroid dienone is 1. The molecule has 2 aliphatic carbocycles. The summed E-state index contributed by atoms with van der Waals surface area (Å²) in [6.07, 6.45) is 12.4. The predicted octanol–water partition coefficient (Wildman–Crippen LogP) is 8.80. The Morgan fingerprint density at radius 2 is 1.79 bits per heavy atom. The summed E-state index contributed by atoms with van der Waals surface area (Å²) in [6, 6.07) is 20.6. The number of hydrogen-bond acceptors (Lipinski definition) is 11. The monoisotopic (exact) mass is 879 g/mol. The molecular weight excluding hydrogens is 830 g/mol. The lowest BCUT2D eigenvalue weighted by molar-refractivity contribution is -0.384. The zero-order valence-electron chi connectivity index (χ0n) is 34.4. The van der Waals surface area contributed by atoms with E-state index < -0.39 is 31.4 Å². The number of rotatable bonds is 13. The molecule has 14 nitrogen and oxygen atoms in total. The highest BCUT2D eigenvalue weighted by atomic mass is 35.5. The number of nitro benzene ring substituents is 1. The molecule has 5 aromatic rings. The third-order valence-corrected chi connectivity index (χ3v) is 14.7. The number of carbonyl (C=O) groups is 1. The van der Waals surface area contributed by atoms with Crippen LogP contribution in [0.1, 0.15) is 67.3 Å². The van der Waals surface area contributed by atoms with Gasteiger partial charge in [0.1, 0.15) is 22.8 Å². The van der Waals surface area contributed by atoms with Gasteiger partial charge in [-0.05, 0) is 116 Å². The molecule has 4 heterocycles. The summed E-state index contributed by atoms with van der Waals surface area (Å²) in [6.45, 7) is 5.81. The zero-order valence-corrected chi connectivity index (χ0v) is 36.0. The second kappa shape index (κ2) is 17.7. The maximum atomic E-state index is 13.9. The average molecular weight is 880 g/mol. The fraction of sp³-hybridized carbons (Fsp3) is 0.391. The number of piperazine rings is 1. The second-order valence-electron chi connectivity index (χ2n) is 17.1. The Balaban J connectivity index is 0.926. The number of aromatic amines is 1. The normalized spacial score (nSPS) is 18.4. The molecular formula is C46H50ClN7O7S. The van der Waals surface area contributed by atoms with Crippen LogP contribution in [0.2, 0.25) is 5.02 Å². The Morgan fingerprint density at radius 1 is 1.00 bits per heavy atom. The first-order valence-corrected chi connectivity index (χ1v) is 23.2. The van der Waals surface area contributed by atoms with Crippen LogP contribution < -0.4 is 19.7 Å². The molecule has 0 bridgehead atoms. The van der Waals surface area contributed by atoms with Gasteiger partial charge < -0.3 is 24.7 Å². The Kier molecular flexibility index (Phi) is 12.0. The molecule has 324 valence electrons. The molecule has 0 atom stereocenters. The lowest BCUT2D eigenvalue weighted by Gasteiger charge is -2.47. The molecule has 0 radical (unpaired) electrons.